The zero-order valence-electron chi connectivity index (χ0n) is 28.6. The van der Waals surface area contributed by atoms with Gasteiger partial charge in [0.15, 0.2) is 0 Å². The molecule has 0 aliphatic rings. The monoisotopic (exact) mass is 674 g/mol. The summed E-state index contributed by atoms with van der Waals surface area (Å²) in [5.74, 6) is -1.75. The fourth-order valence-corrected chi connectivity index (χ4v) is 5.92. The second-order valence-electron chi connectivity index (χ2n) is 12.1. The van der Waals surface area contributed by atoms with Gasteiger partial charge in [-0.15, -0.1) is 0 Å². The highest BCUT2D eigenvalue weighted by atomic mass is 31.2. The molecular weight excluding hydrogens is 619 g/mol. The summed E-state index contributed by atoms with van der Waals surface area (Å²) in [6.45, 7) is 7.66. The molecule has 2 rings (SSSR count). The van der Waals surface area contributed by atoms with Gasteiger partial charge < -0.3 is 19.7 Å². The topological polar surface area (TPSA) is 140 Å². The van der Waals surface area contributed by atoms with Crippen LogP contribution in [0.4, 0.5) is 0 Å². The molecule has 0 fully saturated rings. The molecule has 0 aliphatic carbocycles. The highest BCUT2D eigenvalue weighted by molar-refractivity contribution is 7.52. The lowest BCUT2D eigenvalue weighted by molar-refractivity contribution is -0.170. The Balaban J connectivity index is 1.95. The zero-order chi connectivity index (χ0) is 34.5. The van der Waals surface area contributed by atoms with E-state index in [0.717, 1.165) is 36.0 Å². The number of hydrogen-bond donors (Lipinski definition) is 3. The second kappa shape index (κ2) is 22.5. The van der Waals surface area contributed by atoms with Crippen LogP contribution in [0, 0.1) is 5.92 Å². The minimum Gasteiger partial charge on any atom is -0.466 e. The maximum atomic E-state index is 13.3. The van der Waals surface area contributed by atoms with E-state index in [0.29, 0.717) is 6.61 Å². The predicted molar refractivity (Wildman–Crippen MR) is 184 cm³/mol. The van der Waals surface area contributed by atoms with Crippen molar-refractivity contribution in [3.63, 3.8) is 0 Å². The van der Waals surface area contributed by atoms with Gasteiger partial charge in [0, 0.05) is 18.9 Å². The van der Waals surface area contributed by atoms with Crippen molar-refractivity contribution in [3.8, 4) is 11.1 Å². The minimum atomic E-state index is -4.33. The first kappa shape index (κ1) is 40.1. The number of nitrogens with one attached hydrogen (secondary N) is 2. The van der Waals surface area contributed by atoms with Crippen LogP contribution in [0.15, 0.2) is 54.6 Å². The Labute approximate surface area is 280 Å². The van der Waals surface area contributed by atoms with Gasteiger partial charge in [0.05, 0.1) is 25.4 Å². The van der Waals surface area contributed by atoms with Crippen LogP contribution in [0.5, 0.6) is 0 Å². The van der Waals surface area contributed by atoms with Crippen molar-refractivity contribution in [2.45, 2.75) is 111 Å². The molecule has 47 heavy (non-hydrogen) atoms. The molecule has 0 radical (unpaired) electrons. The number of hydrogen-bond acceptors (Lipinski definition) is 8. The van der Waals surface area contributed by atoms with E-state index >= 15 is 0 Å². The molecule has 0 heterocycles. The quantitative estimate of drug-likeness (QED) is 0.0459. The van der Waals surface area contributed by atoms with E-state index < -0.39 is 38.1 Å². The van der Waals surface area contributed by atoms with Crippen LogP contribution in [0.3, 0.4) is 0 Å². The van der Waals surface area contributed by atoms with Gasteiger partial charge in [0.25, 0.3) is 0 Å². The first-order chi connectivity index (χ1) is 22.5. The van der Waals surface area contributed by atoms with Crippen LogP contribution >= 0.6 is 7.60 Å². The highest BCUT2D eigenvalue weighted by Gasteiger charge is 2.31. The van der Waals surface area contributed by atoms with E-state index in [2.05, 4.69) is 17.6 Å². The SMILES string of the molecule is CCCCCCCCCCOC(=O)CCNC(=O)C(Cc1ccc(-c2ccccc2)cc1)NCP(=O)(O)OC(OC(=O)CC)C(C)C. The Kier molecular flexibility index (Phi) is 19.2. The molecule has 0 saturated carbocycles. The molecule has 0 spiro atoms. The molecule has 1 amide bonds. The van der Waals surface area contributed by atoms with Gasteiger partial charge in [0.1, 0.15) is 0 Å². The molecule has 0 aliphatic heterocycles. The molecule has 0 bridgehead atoms. The number of rotatable bonds is 24. The van der Waals surface area contributed by atoms with E-state index in [1.807, 2.05) is 54.6 Å². The Hall–Kier alpha value is -3.04. The zero-order valence-corrected chi connectivity index (χ0v) is 29.5. The third-order valence-corrected chi connectivity index (χ3v) is 8.71. The van der Waals surface area contributed by atoms with Crippen molar-refractivity contribution in [2.24, 2.45) is 5.92 Å². The van der Waals surface area contributed by atoms with E-state index in [1.165, 1.54) is 32.1 Å². The number of unbranched alkanes of at least 4 members (excludes halogenated alkanes) is 7. The molecule has 2 aromatic carbocycles. The molecule has 0 saturated heterocycles. The van der Waals surface area contributed by atoms with Crippen LogP contribution < -0.4 is 10.6 Å². The summed E-state index contributed by atoms with van der Waals surface area (Å²) in [6, 6.07) is 16.7. The van der Waals surface area contributed by atoms with Gasteiger partial charge in [-0.1, -0.05) is 127 Å². The van der Waals surface area contributed by atoms with Gasteiger partial charge in [-0.05, 0) is 29.5 Å². The maximum Gasteiger partial charge on any atom is 0.344 e. The number of carbonyl (C=O) groups is 3. The van der Waals surface area contributed by atoms with Crippen molar-refractivity contribution in [3.05, 3.63) is 60.2 Å². The van der Waals surface area contributed by atoms with Gasteiger partial charge in [-0.25, -0.2) is 0 Å². The largest absolute Gasteiger partial charge is 0.466 e. The lowest BCUT2D eigenvalue weighted by Crippen LogP contribution is -2.46. The Bertz CT molecular complexity index is 1240. The second-order valence-corrected chi connectivity index (χ2v) is 13.9. The first-order valence-electron chi connectivity index (χ1n) is 17.0. The average Bonchev–Trinajstić information content (AvgIpc) is 3.06. The summed E-state index contributed by atoms with van der Waals surface area (Å²) in [6.07, 6.45) is 7.76. The molecule has 2 aromatic rings. The van der Waals surface area contributed by atoms with Gasteiger partial charge in [-0.3, -0.25) is 28.8 Å². The van der Waals surface area contributed by atoms with E-state index in [1.54, 1.807) is 20.8 Å². The normalized spacial score (nSPS) is 13.8. The Morgan fingerprint density at radius 2 is 1.45 bits per heavy atom. The van der Waals surface area contributed by atoms with Crippen molar-refractivity contribution in [2.75, 3.05) is 19.4 Å². The van der Waals surface area contributed by atoms with E-state index in [-0.39, 0.29) is 37.7 Å². The molecule has 0 aromatic heterocycles. The van der Waals surface area contributed by atoms with Gasteiger partial charge in [0.2, 0.25) is 12.2 Å². The standard InChI is InChI=1S/C36H55N2O8P/c1-5-7-8-9-10-11-12-16-25-44-34(40)23-24-37-35(41)32(26-29-19-21-31(22-20-29)30-17-14-13-15-18-30)38-27-47(42,43)46-36(28(3)4)45-33(39)6-2/h13-15,17-22,28,32,36,38H,5-12,16,23-27H2,1-4H3,(H,37,41)(H,42,43). The number of ether oxygens (including phenoxy) is 2. The van der Waals surface area contributed by atoms with Crippen molar-refractivity contribution < 1.29 is 37.8 Å². The maximum absolute atomic E-state index is 13.3. The van der Waals surface area contributed by atoms with E-state index in [9.17, 15) is 23.8 Å². The van der Waals surface area contributed by atoms with Crippen molar-refractivity contribution in [1.82, 2.24) is 10.6 Å². The van der Waals surface area contributed by atoms with E-state index in [4.69, 9.17) is 14.0 Å². The lowest BCUT2D eigenvalue weighted by Gasteiger charge is -2.25. The third-order valence-electron chi connectivity index (χ3n) is 7.59. The molecule has 262 valence electrons. The fourth-order valence-electron chi connectivity index (χ4n) is 4.78. The molecule has 3 unspecified atom stereocenters. The summed E-state index contributed by atoms with van der Waals surface area (Å²) < 4.78 is 28.8. The summed E-state index contributed by atoms with van der Waals surface area (Å²) in [4.78, 5) is 47.9. The van der Waals surface area contributed by atoms with Crippen LogP contribution in [-0.2, 0) is 39.4 Å². The van der Waals surface area contributed by atoms with Gasteiger partial charge in [-0.2, -0.15) is 0 Å². The summed E-state index contributed by atoms with van der Waals surface area (Å²) in [5.41, 5.74) is 2.90. The molecule has 3 N–H and O–H groups in total. The van der Waals surface area contributed by atoms with Crippen LogP contribution in [0.1, 0.15) is 97.5 Å². The van der Waals surface area contributed by atoms with Crippen LogP contribution in [0.2, 0.25) is 0 Å². The van der Waals surface area contributed by atoms with Crippen molar-refractivity contribution in [1.29, 1.82) is 0 Å². The van der Waals surface area contributed by atoms with Gasteiger partial charge >= 0.3 is 19.5 Å². The number of carbonyl (C=O) groups excluding carboxylic acids is 3. The Morgan fingerprint density at radius 1 is 0.830 bits per heavy atom. The summed E-state index contributed by atoms with van der Waals surface area (Å²) in [7, 11) is -4.33. The van der Waals surface area contributed by atoms with Crippen LogP contribution in [0.25, 0.3) is 11.1 Å². The first-order valence-corrected chi connectivity index (χ1v) is 18.8. The molecule has 11 heteroatoms. The fraction of sp³-hybridized carbons (Fsp3) is 0.583. The van der Waals surface area contributed by atoms with Crippen LogP contribution in [-0.4, -0.2) is 54.5 Å². The Morgan fingerprint density at radius 3 is 2.06 bits per heavy atom. The molecule has 10 nitrogen and oxygen atoms in total. The third kappa shape index (κ3) is 17.1. The average molecular weight is 675 g/mol. The number of benzene rings is 2. The molecular formula is C36H55N2O8P. The predicted octanol–water partition coefficient (Wildman–Crippen LogP) is 7.14. The molecule has 3 atom stereocenters. The highest BCUT2D eigenvalue weighted by Crippen LogP contribution is 2.43. The summed E-state index contributed by atoms with van der Waals surface area (Å²) in [5, 5.41) is 5.62. The summed E-state index contributed by atoms with van der Waals surface area (Å²) >= 11 is 0. The number of esters is 2. The lowest BCUT2D eigenvalue weighted by atomic mass is 10.0. The smallest absolute Gasteiger partial charge is 0.344 e. The minimum absolute atomic E-state index is 0.0156. The van der Waals surface area contributed by atoms with Crippen molar-refractivity contribution >= 4 is 25.4 Å². The number of amides is 1.